The van der Waals surface area contributed by atoms with Crippen LogP contribution in [-0.2, 0) is 13.1 Å². The second kappa shape index (κ2) is 7.04. The Balaban J connectivity index is 1.73. The van der Waals surface area contributed by atoms with Crippen molar-refractivity contribution in [3.05, 3.63) is 48.0 Å². The predicted octanol–water partition coefficient (Wildman–Crippen LogP) is 0.476. The number of nitrogens with zero attached hydrogens (tertiary/aromatic N) is 3. The first kappa shape index (κ1) is 14.5. The number of carbonyl (C=O) groups is 2. The van der Waals surface area contributed by atoms with Gasteiger partial charge in [-0.15, -0.1) is 0 Å². The fourth-order valence-electron chi connectivity index (χ4n) is 1.66. The molecule has 0 unspecified atom stereocenters. The zero-order chi connectivity index (χ0) is 15.1. The lowest BCUT2D eigenvalue weighted by Crippen LogP contribution is -2.37. The molecule has 8 heteroatoms. The van der Waals surface area contributed by atoms with Gasteiger partial charge in [-0.05, 0) is 18.2 Å². The smallest absolute Gasteiger partial charge is 0.335 e. The Morgan fingerprint density at radius 2 is 2.14 bits per heavy atom. The minimum Gasteiger partial charge on any atom is -0.478 e. The summed E-state index contributed by atoms with van der Waals surface area (Å²) in [5, 5.41) is 18.2. The third kappa shape index (κ3) is 4.60. The minimum absolute atomic E-state index is 0.140. The Kier molecular flexibility index (Phi) is 4.86. The minimum atomic E-state index is -1.03. The molecule has 0 aliphatic rings. The maximum atomic E-state index is 11.6. The molecule has 2 aromatic heterocycles. The van der Waals surface area contributed by atoms with Gasteiger partial charge in [0.15, 0.2) is 0 Å². The van der Waals surface area contributed by atoms with E-state index in [0.717, 1.165) is 0 Å². The number of aromatic carboxylic acids is 1. The van der Waals surface area contributed by atoms with Crippen LogP contribution in [0.4, 0.5) is 4.79 Å². The van der Waals surface area contributed by atoms with Crippen molar-refractivity contribution in [2.75, 3.05) is 6.54 Å². The van der Waals surface area contributed by atoms with Crippen molar-refractivity contribution in [3.8, 4) is 0 Å². The van der Waals surface area contributed by atoms with Gasteiger partial charge in [0.25, 0.3) is 0 Å². The third-order valence-corrected chi connectivity index (χ3v) is 2.68. The summed E-state index contributed by atoms with van der Waals surface area (Å²) in [6.45, 7) is 1.18. The molecule has 8 nitrogen and oxygen atoms in total. The standard InChI is InChI=1S/C13H15N5O3/c19-12(20)10-2-4-14-11(8-10)9-16-13(21)15-5-7-18-6-1-3-17-18/h1-4,6,8H,5,7,9H2,(H,19,20)(H2,15,16,21). The molecule has 0 aromatic carbocycles. The monoisotopic (exact) mass is 289 g/mol. The van der Waals surface area contributed by atoms with E-state index < -0.39 is 5.97 Å². The molecule has 2 rings (SSSR count). The highest BCUT2D eigenvalue weighted by atomic mass is 16.4. The zero-order valence-electron chi connectivity index (χ0n) is 11.2. The Morgan fingerprint density at radius 3 is 2.86 bits per heavy atom. The first-order valence-electron chi connectivity index (χ1n) is 6.32. The predicted molar refractivity (Wildman–Crippen MR) is 73.7 cm³/mol. The van der Waals surface area contributed by atoms with Crippen molar-refractivity contribution in [1.82, 2.24) is 25.4 Å². The average molecular weight is 289 g/mol. The van der Waals surface area contributed by atoms with Crippen LogP contribution in [0.1, 0.15) is 16.1 Å². The number of carboxylic acids is 1. The van der Waals surface area contributed by atoms with Crippen LogP contribution in [0, 0.1) is 0 Å². The number of nitrogens with one attached hydrogen (secondary N) is 2. The maximum absolute atomic E-state index is 11.6. The van der Waals surface area contributed by atoms with Crippen LogP contribution in [-0.4, -0.2) is 38.4 Å². The van der Waals surface area contributed by atoms with E-state index in [0.29, 0.717) is 18.8 Å². The summed E-state index contributed by atoms with van der Waals surface area (Å²) >= 11 is 0. The number of carbonyl (C=O) groups excluding carboxylic acids is 1. The maximum Gasteiger partial charge on any atom is 0.335 e. The van der Waals surface area contributed by atoms with Gasteiger partial charge in [0, 0.05) is 25.1 Å². The summed E-state index contributed by atoms with van der Waals surface area (Å²) in [6, 6.07) is 4.29. The van der Waals surface area contributed by atoms with E-state index in [9.17, 15) is 9.59 Å². The summed E-state index contributed by atoms with van der Waals surface area (Å²) in [5.74, 6) is -1.03. The van der Waals surface area contributed by atoms with Gasteiger partial charge in [0.1, 0.15) is 0 Å². The summed E-state index contributed by atoms with van der Waals surface area (Å²) in [7, 11) is 0. The Morgan fingerprint density at radius 1 is 1.29 bits per heavy atom. The van der Waals surface area contributed by atoms with Crippen LogP contribution in [0.3, 0.4) is 0 Å². The van der Waals surface area contributed by atoms with Crippen molar-refractivity contribution >= 4 is 12.0 Å². The van der Waals surface area contributed by atoms with Gasteiger partial charge < -0.3 is 15.7 Å². The first-order valence-corrected chi connectivity index (χ1v) is 6.32. The number of rotatable bonds is 6. The van der Waals surface area contributed by atoms with E-state index in [1.54, 1.807) is 23.1 Å². The van der Waals surface area contributed by atoms with Crippen LogP contribution in [0.25, 0.3) is 0 Å². The molecule has 110 valence electrons. The molecule has 21 heavy (non-hydrogen) atoms. The summed E-state index contributed by atoms with van der Waals surface area (Å²) in [6.07, 6.45) is 4.87. The Hall–Kier alpha value is -2.90. The molecular weight excluding hydrogens is 274 g/mol. The van der Waals surface area contributed by atoms with E-state index in [4.69, 9.17) is 5.11 Å². The molecule has 0 aliphatic heterocycles. The number of amides is 2. The van der Waals surface area contributed by atoms with Gasteiger partial charge in [0.2, 0.25) is 0 Å². The molecule has 2 aromatic rings. The van der Waals surface area contributed by atoms with E-state index in [1.165, 1.54) is 18.3 Å². The van der Waals surface area contributed by atoms with Crippen molar-refractivity contribution in [1.29, 1.82) is 0 Å². The molecule has 0 bridgehead atoms. The molecule has 0 saturated carbocycles. The topological polar surface area (TPSA) is 109 Å². The third-order valence-electron chi connectivity index (χ3n) is 2.68. The molecule has 2 heterocycles. The van der Waals surface area contributed by atoms with Gasteiger partial charge >= 0.3 is 12.0 Å². The van der Waals surface area contributed by atoms with E-state index in [2.05, 4.69) is 20.7 Å². The summed E-state index contributed by atoms with van der Waals surface area (Å²) in [5.41, 5.74) is 0.623. The van der Waals surface area contributed by atoms with Crippen LogP contribution in [0.5, 0.6) is 0 Å². The highest BCUT2D eigenvalue weighted by Crippen LogP contribution is 2.01. The molecule has 0 spiro atoms. The van der Waals surface area contributed by atoms with Crippen molar-refractivity contribution in [3.63, 3.8) is 0 Å². The average Bonchev–Trinajstić information content (AvgIpc) is 2.99. The Bertz CT molecular complexity index is 612. The lowest BCUT2D eigenvalue weighted by Gasteiger charge is -2.07. The number of hydrogen-bond acceptors (Lipinski definition) is 4. The molecule has 0 saturated heterocycles. The summed E-state index contributed by atoms with van der Waals surface area (Å²) in [4.78, 5) is 26.4. The van der Waals surface area contributed by atoms with Crippen LogP contribution in [0.2, 0.25) is 0 Å². The number of hydrogen-bond donors (Lipinski definition) is 3. The van der Waals surface area contributed by atoms with Crippen LogP contribution in [0.15, 0.2) is 36.8 Å². The molecule has 2 amide bonds. The number of urea groups is 1. The highest BCUT2D eigenvalue weighted by molar-refractivity contribution is 5.87. The van der Waals surface area contributed by atoms with Gasteiger partial charge in [-0.1, -0.05) is 0 Å². The van der Waals surface area contributed by atoms with E-state index >= 15 is 0 Å². The molecule has 0 atom stereocenters. The quantitative estimate of drug-likeness (QED) is 0.716. The van der Waals surface area contributed by atoms with Crippen molar-refractivity contribution in [2.24, 2.45) is 0 Å². The molecule has 0 radical (unpaired) electrons. The van der Waals surface area contributed by atoms with Gasteiger partial charge in [-0.25, -0.2) is 9.59 Å². The molecule has 3 N–H and O–H groups in total. The lowest BCUT2D eigenvalue weighted by atomic mass is 10.2. The molecule has 0 fully saturated rings. The van der Waals surface area contributed by atoms with Gasteiger partial charge in [-0.2, -0.15) is 5.10 Å². The lowest BCUT2D eigenvalue weighted by molar-refractivity contribution is 0.0696. The second-order valence-electron chi connectivity index (χ2n) is 4.22. The number of carboxylic acid groups (broad SMARTS) is 1. The van der Waals surface area contributed by atoms with E-state index in [-0.39, 0.29) is 18.1 Å². The molecular formula is C13H15N5O3. The van der Waals surface area contributed by atoms with Crippen molar-refractivity contribution < 1.29 is 14.7 Å². The van der Waals surface area contributed by atoms with Crippen LogP contribution < -0.4 is 10.6 Å². The fraction of sp³-hybridized carbons (Fsp3) is 0.231. The van der Waals surface area contributed by atoms with Crippen molar-refractivity contribution in [2.45, 2.75) is 13.1 Å². The second-order valence-corrected chi connectivity index (χ2v) is 4.22. The van der Waals surface area contributed by atoms with Crippen LogP contribution >= 0.6 is 0 Å². The fourth-order valence-corrected chi connectivity index (χ4v) is 1.66. The normalized spacial score (nSPS) is 10.1. The largest absolute Gasteiger partial charge is 0.478 e. The zero-order valence-corrected chi connectivity index (χ0v) is 11.2. The SMILES string of the molecule is O=C(NCCn1cccn1)NCc1cc(C(=O)O)ccn1. The first-order chi connectivity index (χ1) is 10.1. The number of aromatic nitrogens is 3. The van der Waals surface area contributed by atoms with Gasteiger partial charge in [-0.3, -0.25) is 9.67 Å². The highest BCUT2D eigenvalue weighted by Gasteiger charge is 2.05. The van der Waals surface area contributed by atoms with E-state index in [1.807, 2.05) is 0 Å². The van der Waals surface area contributed by atoms with Gasteiger partial charge in [0.05, 0.1) is 24.3 Å². The number of pyridine rings is 1. The Labute approximate surface area is 120 Å². The molecule has 0 aliphatic carbocycles. The summed E-state index contributed by atoms with van der Waals surface area (Å²) < 4.78 is 1.71.